The summed E-state index contributed by atoms with van der Waals surface area (Å²) >= 11 is 0. The predicted octanol–water partition coefficient (Wildman–Crippen LogP) is 6.77. The molecule has 2 rings (SSSR count). The molecule has 2 aliphatic rings. The quantitative estimate of drug-likeness (QED) is 0.0192. The van der Waals surface area contributed by atoms with Crippen LogP contribution in [-0.2, 0) is 38.0 Å². The maximum absolute atomic E-state index is 13.0. The SMILES string of the molecule is CCCCCC=CCC=CCCCCCCCCC(=O)O[C@H](COC(=O)CCCCCCCCCCCCCCC)CO[C@@H]1O[C@H](CO[C@H]2O[C@H](CO)[C@H](O)[C@H](O)[C@H]2O)[C@H](O)[C@H](O)[C@H]1O. The molecule has 7 N–H and O–H groups in total. The van der Waals surface area contributed by atoms with E-state index in [9.17, 15) is 45.3 Å². The lowest BCUT2D eigenvalue weighted by molar-refractivity contribution is -0.332. The van der Waals surface area contributed by atoms with Crippen LogP contribution in [0, 0.1) is 0 Å². The first-order valence-electron chi connectivity index (χ1n) is 25.4. The second kappa shape index (κ2) is 37.9. The normalized spacial score (nSPS) is 26.5. The van der Waals surface area contributed by atoms with Gasteiger partial charge in [-0.25, -0.2) is 0 Å². The van der Waals surface area contributed by atoms with Gasteiger partial charge in [0.2, 0.25) is 0 Å². The number of hydrogen-bond donors (Lipinski definition) is 7. The van der Waals surface area contributed by atoms with E-state index in [4.69, 9.17) is 28.4 Å². The number of aliphatic hydroxyl groups is 7. The van der Waals surface area contributed by atoms with Gasteiger partial charge in [0.25, 0.3) is 0 Å². The van der Waals surface area contributed by atoms with Crippen molar-refractivity contribution in [3.63, 3.8) is 0 Å². The Bertz CT molecular complexity index is 1230. The summed E-state index contributed by atoms with van der Waals surface area (Å²) in [5.74, 6) is -0.931. The van der Waals surface area contributed by atoms with E-state index in [1.807, 2.05) is 0 Å². The van der Waals surface area contributed by atoms with Crippen LogP contribution < -0.4 is 0 Å². The molecule has 0 aromatic carbocycles. The van der Waals surface area contributed by atoms with E-state index in [0.717, 1.165) is 70.6 Å². The third kappa shape index (κ3) is 26.4. The maximum atomic E-state index is 13.0. The van der Waals surface area contributed by atoms with Gasteiger partial charge in [0, 0.05) is 12.8 Å². The molecule has 0 radical (unpaired) electrons. The maximum Gasteiger partial charge on any atom is 0.306 e. The van der Waals surface area contributed by atoms with Gasteiger partial charge in [-0.1, -0.05) is 154 Å². The minimum atomic E-state index is -1.76. The van der Waals surface area contributed by atoms with Gasteiger partial charge in [-0.3, -0.25) is 9.59 Å². The first kappa shape index (κ1) is 59.1. The summed E-state index contributed by atoms with van der Waals surface area (Å²) in [6, 6.07) is 0. The van der Waals surface area contributed by atoms with Gasteiger partial charge < -0.3 is 64.2 Å². The molecule has 2 aliphatic heterocycles. The number of esters is 2. The molecule has 2 saturated heterocycles. The summed E-state index contributed by atoms with van der Waals surface area (Å²) in [5.41, 5.74) is 0. The van der Waals surface area contributed by atoms with Crippen molar-refractivity contribution in [2.24, 2.45) is 0 Å². The monoisotopic (exact) mass is 931 g/mol. The van der Waals surface area contributed by atoms with Crippen molar-refractivity contribution in [2.75, 3.05) is 26.4 Å². The van der Waals surface area contributed by atoms with Gasteiger partial charge in [-0.15, -0.1) is 0 Å². The summed E-state index contributed by atoms with van der Waals surface area (Å²) in [5, 5.41) is 72.0. The molecular formula is C50H90O15. The van der Waals surface area contributed by atoms with Crippen molar-refractivity contribution < 1.29 is 73.8 Å². The van der Waals surface area contributed by atoms with E-state index >= 15 is 0 Å². The third-order valence-electron chi connectivity index (χ3n) is 12.2. The van der Waals surface area contributed by atoms with Crippen LogP contribution in [0.25, 0.3) is 0 Å². The summed E-state index contributed by atoms with van der Waals surface area (Å²) in [6.07, 6.45) is 20.6. The Labute approximate surface area is 390 Å². The molecule has 0 unspecified atom stereocenters. The van der Waals surface area contributed by atoms with E-state index in [2.05, 4.69) is 38.2 Å². The zero-order valence-corrected chi connectivity index (χ0v) is 40.0. The van der Waals surface area contributed by atoms with E-state index in [1.54, 1.807) is 0 Å². The number of hydrogen-bond acceptors (Lipinski definition) is 15. The van der Waals surface area contributed by atoms with Crippen LogP contribution in [0.4, 0.5) is 0 Å². The van der Waals surface area contributed by atoms with Crippen LogP contribution in [0.1, 0.15) is 187 Å². The second-order valence-electron chi connectivity index (χ2n) is 18.0. The number of allylic oxidation sites excluding steroid dienone is 4. The molecule has 15 heteroatoms. The fraction of sp³-hybridized carbons (Fsp3) is 0.880. The van der Waals surface area contributed by atoms with Crippen LogP contribution in [0.5, 0.6) is 0 Å². The summed E-state index contributed by atoms with van der Waals surface area (Å²) in [4.78, 5) is 25.7. The highest BCUT2D eigenvalue weighted by Crippen LogP contribution is 2.26. The van der Waals surface area contributed by atoms with Crippen molar-refractivity contribution in [1.29, 1.82) is 0 Å². The molecule has 2 heterocycles. The van der Waals surface area contributed by atoms with Gasteiger partial charge in [0.05, 0.1) is 19.8 Å². The van der Waals surface area contributed by atoms with Gasteiger partial charge in [0.15, 0.2) is 18.7 Å². The van der Waals surface area contributed by atoms with Crippen molar-refractivity contribution in [3.8, 4) is 0 Å². The molecule has 15 nitrogen and oxygen atoms in total. The molecule has 0 aromatic rings. The lowest BCUT2D eigenvalue weighted by Crippen LogP contribution is -2.61. The number of aliphatic hydroxyl groups excluding tert-OH is 7. The van der Waals surface area contributed by atoms with E-state index in [0.29, 0.717) is 12.8 Å². The Morgan fingerprint density at radius 3 is 1.46 bits per heavy atom. The van der Waals surface area contributed by atoms with Crippen LogP contribution in [-0.4, -0.2) is 142 Å². The van der Waals surface area contributed by atoms with E-state index in [-0.39, 0.29) is 26.1 Å². The molecule has 0 aliphatic carbocycles. The Hall–Kier alpha value is -2.02. The smallest absolute Gasteiger partial charge is 0.306 e. The zero-order chi connectivity index (χ0) is 47.5. The zero-order valence-electron chi connectivity index (χ0n) is 40.0. The van der Waals surface area contributed by atoms with Crippen molar-refractivity contribution >= 4 is 11.9 Å². The highest BCUT2D eigenvalue weighted by molar-refractivity contribution is 5.70. The van der Waals surface area contributed by atoms with Gasteiger partial charge in [0.1, 0.15) is 55.4 Å². The van der Waals surface area contributed by atoms with Crippen LogP contribution in [0.15, 0.2) is 24.3 Å². The first-order valence-corrected chi connectivity index (χ1v) is 25.4. The fourth-order valence-corrected chi connectivity index (χ4v) is 7.95. The summed E-state index contributed by atoms with van der Waals surface area (Å²) in [6.45, 7) is 2.56. The van der Waals surface area contributed by atoms with Crippen LogP contribution >= 0.6 is 0 Å². The fourth-order valence-electron chi connectivity index (χ4n) is 7.95. The van der Waals surface area contributed by atoms with Gasteiger partial charge in [-0.05, 0) is 44.9 Å². The topological polar surface area (TPSA) is 231 Å². The standard InChI is InChI=1S/C50H90O15/c1-3-5-7-9-11-13-15-17-18-19-21-23-25-27-29-31-33-42(53)63-38(35-60-41(52)32-30-28-26-24-22-20-16-14-12-10-8-6-4-2)36-61-49-48(59)46(57)44(55)40(65-49)37-62-50-47(58)45(56)43(54)39(34-51)64-50/h11,13,17-18,38-40,43-51,54-59H,3-10,12,14-16,19-37H2,1-2H3/t38-,39-,40-,43+,44+,45+,46+,47-,48-,49-,50+/m1/s1. The molecule has 0 aromatic heterocycles. The second-order valence-corrected chi connectivity index (χ2v) is 18.0. The Morgan fingerprint density at radius 2 is 0.923 bits per heavy atom. The molecule has 0 saturated carbocycles. The largest absolute Gasteiger partial charge is 0.462 e. The first-order chi connectivity index (χ1) is 31.5. The highest BCUT2D eigenvalue weighted by atomic mass is 16.7. The minimum absolute atomic E-state index is 0.156. The van der Waals surface area contributed by atoms with Crippen molar-refractivity contribution in [1.82, 2.24) is 0 Å². The average molecular weight is 931 g/mol. The summed E-state index contributed by atoms with van der Waals surface area (Å²) < 4.78 is 33.5. The predicted molar refractivity (Wildman–Crippen MR) is 247 cm³/mol. The highest BCUT2D eigenvalue weighted by Gasteiger charge is 2.47. The van der Waals surface area contributed by atoms with Crippen molar-refractivity contribution in [2.45, 2.75) is 255 Å². The Balaban J connectivity index is 1.82. The number of carbonyl (C=O) groups is 2. The van der Waals surface area contributed by atoms with E-state index < -0.39 is 92.7 Å². The third-order valence-corrected chi connectivity index (χ3v) is 12.2. The summed E-state index contributed by atoms with van der Waals surface area (Å²) in [7, 11) is 0. The Morgan fingerprint density at radius 1 is 0.492 bits per heavy atom. The van der Waals surface area contributed by atoms with Gasteiger partial charge in [-0.2, -0.15) is 0 Å². The van der Waals surface area contributed by atoms with Gasteiger partial charge >= 0.3 is 11.9 Å². The molecule has 11 atom stereocenters. The number of rotatable bonds is 39. The van der Waals surface area contributed by atoms with E-state index in [1.165, 1.54) is 77.0 Å². The average Bonchev–Trinajstić information content (AvgIpc) is 3.30. The number of ether oxygens (including phenoxy) is 6. The molecular weight excluding hydrogens is 841 g/mol. The number of carbonyl (C=O) groups excluding carboxylic acids is 2. The van der Waals surface area contributed by atoms with Crippen LogP contribution in [0.2, 0.25) is 0 Å². The molecule has 0 amide bonds. The molecule has 0 spiro atoms. The van der Waals surface area contributed by atoms with Crippen molar-refractivity contribution in [3.05, 3.63) is 24.3 Å². The molecule has 380 valence electrons. The Kier molecular flexibility index (Phi) is 34.5. The molecule has 0 bridgehead atoms. The number of unbranched alkanes of at least 4 members (excludes halogenated alkanes) is 21. The molecule has 2 fully saturated rings. The van der Waals surface area contributed by atoms with Crippen LogP contribution in [0.3, 0.4) is 0 Å². The lowest BCUT2D eigenvalue weighted by atomic mass is 9.98. The molecule has 65 heavy (non-hydrogen) atoms. The minimum Gasteiger partial charge on any atom is -0.462 e. The lowest BCUT2D eigenvalue weighted by Gasteiger charge is -2.42.